The van der Waals surface area contributed by atoms with E-state index in [9.17, 15) is 4.79 Å². The van der Waals surface area contributed by atoms with Gasteiger partial charge in [-0.2, -0.15) is 4.99 Å². The number of carbonyl (C=O) groups excluding carboxylic acids is 1. The highest BCUT2D eigenvalue weighted by Gasteiger charge is 2.28. The number of methoxy groups -OCH3 is 1. The number of anilines is 1. The first-order valence-electron chi connectivity index (χ1n) is 13.6. The SMILES string of the molecule is C=C/C=C\C(=C/C)C(CCNC)OCc1cccc(N2CCN(C)C(/N=C(\C)OC)=C(/C=C(/C)CC)C2=O)c1. The van der Waals surface area contributed by atoms with Crippen molar-refractivity contribution in [1.82, 2.24) is 10.2 Å². The van der Waals surface area contributed by atoms with Crippen LogP contribution in [0.2, 0.25) is 0 Å². The van der Waals surface area contributed by atoms with Gasteiger partial charge in [-0.1, -0.05) is 55.5 Å². The van der Waals surface area contributed by atoms with Gasteiger partial charge in [0.1, 0.15) is 5.82 Å². The number of ether oxygens (including phenoxy) is 2. The minimum Gasteiger partial charge on any atom is -0.484 e. The summed E-state index contributed by atoms with van der Waals surface area (Å²) in [6.45, 7) is 14.2. The number of carbonyl (C=O) groups is 1. The molecule has 1 aromatic rings. The monoisotopic (exact) mass is 534 g/mol. The van der Waals surface area contributed by atoms with Crippen molar-refractivity contribution < 1.29 is 14.3 Å². The molecule has 1 atom stereocenters. The van der Waals surface area contributed by atoms with Gasteiger partial charge >= 0.3 is 0 Å². The van der Waals surface area contributed by atoms with Crippen LogP contribution < -0.4 is 10.2 Å². The van der Waals surface area contributed by atoms with E-state index in [0.29, 0.717) is 37.0 Å². The number of rotatable bonds is 13. The summed E-state index contributed by atoms with van der Waals surface area (Å²) >= 11 is 0. The number of aliphatic imine (C=N–C) groups is 1. The fourth-order valence-corrected chi connectivity index (χ4v) is 4.17. The van der Waals surface area contributed by atoms with Crippen molar-refractivity contribution in [2.24, 2.45) is 4.99 Å². The summed E-state index contributed by atoms with van der Waals surface area (Å²) in [5.41, 5.74) is 4.63. The Morgan fingerprint density at radius 2 is 2.05 bits per heavy atom. The smallest absolute Gasteiger partial charge is 0.262 e. The summed E-state index contributed by atoms with van der Waals surface area (Å²) in [5, 5.41) is 3.21. The summed E-state index contributed by atoms with van der Waals surface area (Å²) in [6.07, 6.45) is 11.4. The van der Waals surface area contributed by atoms with Crippen LogP contribution in [0.25, 0.3) is 0 Å². The van der Waals surface area contributed by atoms with Crippen LogP contribution in [0.1, 0.15) is 46.1 Å². The van der Waals surface area contributed by atoms with E-state index in [1.807, 2.05) is 80.2 Å². The molecule has 1 unspecified atom stereocenters. The molecule has 0 bridgehead atoms. The maximum atomic E-state index is 14.0. The predicted molar refractivity (Wildman–Crippen MR) is 163 cm³/mol. The molecule has 0 radical (unpaired) electrons. The molecule has 7 nitrogen and oxygen atoms in total. The third kappa shape index (κ3) is 9.37. The van der Waals surface area contributed by atoms with Crippen LogP contribution in [-0.2, 0) is 20.9 Å². The number of benzene rings is 1. The van der Waals surface area contributed by atoms with Gasteiger partial charge in [0.05, 0.1) is 25.4 Å². The molecule has 1 aliphatic rings. The summed E-state index contributed by atoms with van der Waals surface area (Å²) in [5.74, 6) is 1.05. The van der Waals surface area contributed by atoms with Gasteiger partial charge in [-0.15, -0.1) is 0 Å². The molecule has 2 rings (SSSR count). The lowest BCUT2D eigenvalue weighted by Crippen LogP contribution is -2.34. The molecule has 0 aromatic heterocycles. The van der Waals surface area contributed by atoms with Crippen molar-refractivity contribution in [3.05, 3.63) is 89.3 Å². The molecule has 0 aliphatic carbocycles. The molecule has 1 amide bonds. The first-order chi connectivity index (χ1) is 18.8. The van der Waals surface area contributed by atoms with Gasteiger partial charge in [-0.25, -0.2) is 0 Å². The van der Waals surface area contributed by atoms with E-state index in [0.717, 1.165) is 41.8 Å². The first kappa shape index (κ1) is 31.8. The van der Waals surface area contributed by atoms with E-state index in [-0.39, 0.29) is 12.0 Å². The molecule has 0 spiro atoms. The standard InChI is InChI=1S/C32H46N4O3/c1-9-12-15-27(11-3)30(17-18-33-6)39-23-26-14-13-16-28(22-26)36-20-19-35(7)31(34-25(5)38-8)29(32(36)37)21-24(4)10-2/h9,11-16,21-22,30,33H,1,10,17-20,23H2,2-8H3/b15-12-,24-21-,27-11+,34-25+. The third-order valence-corrected chi connectivity index (χ3v) is 6.70. The highest BCUT2D eigenvalue weighted by molar-refractivity contribution is 6.08. The lowest BCUT2D eigenvalue weighted by Gasteiger charge is -2.23. The van der Waals surface area contributed by atoms with Gasteiger partial charge < -0.3 is 24.6 Å². The largest absolute Gasteiger partial charge is 0.484 e. The number of hydrogen-bond acceptors (Lipinski definition) is 6. The highest BCUT2D eigenvalue weighted by atomic mass is 16.5. The van der Waals surface area contributed by atoms with Crippen molar-refractivity contribution >= 4 is 17.5 Å². The normalized spacial score (nSPS) is 16.7. The molecule has 39 heavy (non-hydrogen) atoms. The van der Waals surface area contributed by atoms with E-state index in [2.05, 4.69) is 29.9 Å². The van der Waals surface area contributed by atoms with Gasteiger partial charge in [-0.3, -0.25) is 4.79 Å². The Kier molecular flexibility index (Phi) is 13.5. The summed E-state index contributed by atoms with van der Waals surface area (Å²) in [4.78, 5) is 22.5. The Morgan fingerprint density at radius 1 is 1.28 bits per heavy atom. The zero-order valence-electron chi connectivity index (χ0n) is 24.8. The predicted octanol–water partition coefficient (Wildman–Crippen LogP) is 5.78. The van der Waals surface area contributed by atoms with Crippen LogP contribution >= 0.6 is 0 Å². The molecule has 0 saturated carbocycles. The Morgan fingerprint density at radius 3 is 2.69 bits per heavy atom. The molecule has 0 saturated heterocycles. The minimum atomic E-state index is -0.0782. The van der Waals surface area contributed by atoms with Crippen molar-refractivity contribution in [3.63, 3.8) is 0 Å². The van der Waals surface area contributed by atoms with E-state index >= 15 is 0 Å². The first-order valence-corrected chi connectivity index (χ1v) is 13.6. The summed E-state index contributed by atoms with van der Waals surface area (Å²) in [6, 6.07) is 8.05. The van der Waals surface area contributed by atoms with Crippen LogP contribution in [0.15, 0.2) is 88.8 Å². The quantitative estimate of drug-likeness (QED) is 0.197. The van der Waals surface area contributed by atoms with Crippen LogP contribution in [-0.4, -0.2) is 63.6 Å². The fourth-order valence-electron chi connectivity index (χ4n) is 4.17. The number of nitrogens with zero attached hydrogens (tertiary/aromatic N) is 3. The molecule has 1 aromatic carbocycles. The number of amides is 1. The maximum Gasteiger partial charge on any atom is 0.262 e. The van der Waals surface area contributed by atoms with Crippen LogP contribution in [0.3, 0.4) is 0 Å². The Bertz CT molecular complexity index is 1130. The van der Waals surface area contributed by atoms with Gasteiger partial charge in [0.15, 0.2) is 5.90 Å². The Labute approximate surface area is 235 Å². The molecule has 212 valence electrons. The molecular weight excluding hydrogens is 488 g/mol. The van der Waals surface area contributed by atoms with Crippen molar-refractivity contribution in [2.75, 3.05) is 45.7 Å². The minimum absolute atomic E-state index is 0.0584. The average molecular weight is 535 g/mol. The van der Waals surface area contributed by atoms with Crippen LogP contribution in [0, 0.1) is 0 Å². The second kappa shape index (κ2) is 16.5. The van der Waals surface area contributed by atoms with Gasteiger partial charge in [-0.05, 0) is 69.6 Å². The second-order valence-electron chi connectivity index (χ2n) is 9.54. The Hall–Kier alpha value is -3.42. The maximum absolute atomic E-state index is 14.0. The zero-order valence-corrected chi connectivity index (χ0v) is 24.8. The van der Waals surface area contributed by atoms with Gasteiger partial charge in [0.25, 0.3) is 5.91 Å². The number of allylic oxidation sites excluding steroid dienone is 4. The molecule has 1 N–H and O–H groups in total. The van der Waals surface area contributed by atoms with Gasteiger partial charge in [0, 0.05) is 32.7 Å². The van der Waals surface area contributed by atoms with Crippen LogP contribution in [0.4, 0.5) is 5.69 Å². The number of hydrogen-bond donors (Lipinski definition) is 1. The highest BCUT2D eigenvalue weighted by Crippen LogP contribution is 2.27. The lowest BCUT2D eigenvalue weighted by molar-refractivity contribution is -0.114. The van der Waals surface area contributed by atoms with Gasteiger partial charge in [0.2, 0.25) is 0 Å². The van der Waals surface area contributed by atoms with E-state index in [1.54, 1.807) is 20.1 Å². The van der Waals surface area contributed by atoms with Crippen molar-refractivity contribution in [3.8, 4) is 0 Å². The molecule has 0 fully saturated rings. The summed E-state index contributed by atoms with van der Waals surface area (Å²) < 4.78 is 11.7. The lowest BCUT2D eigenvalue weighted by atomic mass is 10.1. The molecule has 1 heterocycles. The number of nitrogens with one attached hydrogen (secondary N) is 1. The fraction of sp³-hybridized carbons (Fsp3) is 0.438. The van der Waals surface area contributed by atoms with Crippen molar-refractivity contribution in [1.29, 1.82) is 0 Å². The second-order valence-corrected chi connectivity index (χ2v) is 9.54. The van der Waals surface area contributed by atoms with E-state index < -0.39 is 0 Å². The number of likely N-dealkylation sites (N-methyl/N-ethyl adjacent to an activating group) is 1. The third-order valence-electron chi connectivity index (χ3n) is 6.70. The van der Waals surface area contributed by atoms with Crippen molar-refractivity contribution in [2.45, 2.75) is 53.2 Å². The molecular formula is C32H46N4O3. The molecule has 7 heteroatoms. The van der Waals surface area contributed by atoms with E-state index in [4.69, 9.17) is 9.47 Å². The topological polar surface area (TPSA) is 66.4 Å². The molecule has 1 aliphatic heterocycles. The summed E-state index contributed by atoms with van der Waals surface area (Å²) in [7, 11) is 5.49. The van der Waals surface area contributed by atoms with Crippen LogP contribution in [0.5, 0.6) is 0 Å². The zero-order chi connectivity index (χ0) is 28.8. The average Bonchev–Trinajstić information content (AvgIpc) is 3.05. The Balaban J connectivity index is 2.40. The van der Waals surface area contributed by atoms with E-state index in [1.165, 1.54) is 0 Å².